The lowest BCUT2D eigenvalue weighted by Gasteiger charge is -2.08. The van der Waals surface area contributed by atoms with Crippen molar-refractivity contribution in [2.45, 2.75) is 0 Å². The van der Waals surface area contributed by atoms with Crippen LogP contribution in [0.1, 0.15) is 0 Å². The minimum absolute atomic E-state index is 0.185. The predicted octanol–water partition coefficient (Wildman–Crippen LogP) is 3.75. The first-order valence-electron chi connectivity index (χ1n) is 7.37. The molecule has 0 bridgehead atoms. The van der Waals surface area contributed by atoms with Crippen molar-refractivity contribution < 1.29 is 23.5 Å². The van der Waals surface area contributed by atoms with Crippen molar-refractivity contribution in [1.29, 1.82) is 0 Å². The summed E-state index contributed by atoms with van der Waals surface area (Å²) in [6.07, 6.45) is 1.68. The lowest BCUT2D eigenvalue weighted by molar-refractivity contribution is 0.171. The zero-order valence-electron chi connectivity index (χ0n) is 13.2. The smallest absolute Gasteiger partial charge is 0.231 e. The molecule has 1 aromatic heterocycles. The number of nitrogens with zero attached hydrogens (tertiary/aromatic N) is 1. The second-order valence-electron chi connectivity index (χ2n) is 5.21. The van der Waals surface area contributed by atoms with Gasteiger partial charge in [-0.15, -0.1) is 0 Å². The van der Waals surface area contributed by atoms with Gasteiger partial charge in [0.05, 0.1) is 20.4 Å². The molecule has 0 saturated heterocycles. The molecule has 0 unspecified atom stereocenters. The molecule has 0 N–H and O–H groups in total. The Balaban J connectivity index is 1.80. The van der Waals surface area contributed by atoms with Crippen LogP contribution in [-0.2, 0) is 0 Å². The molecular formula is C18H15NO5. The number of ether oxygens (including phenoxy) is 4. The number of hydrogen-bond donors (Lipinski definition) is 0. The number of rotatable bonds is 4. The average Bonchev–Trinajstić information content (AvgIpc) is 3.29. The quantitative estimate of drug-likeness (QED) is 0.728. The average molecular weight is 325 g/mol. The molecule has 0 spiro atoms. The highest BCUT2D eigenvalue weighted by Crippen LogP contribution is 2.45. The topological polar surface area (TPSA) is 63.0 Å². The summed E-state index contributed by atoms with van der Waals surface area (Å²) >= 11 is 0. The molecule has 1 aliphatic heterocycles. The van der Waals surface area contributed by atoms with Crippen molar-refractivity contribution in [2.24, 2.45) is 0 Å². The summed E-state index contributed by atoms with van der Waals surface area (Å²) in [5, 5.41) is 3.95. The summed E-state index contributed by atoms with van der Waals surface area (Å²) in [5.74, 6) is 3.32. The van der Waals surface area contributed by atoms with E-state index in [1.54, 1.807) is 20.4 Å². The third kappa shape index (κ3) is 2.32. The van der Waals surface area contributed by atoms with Crippen molar-refractivity contribution in [3.05, 3.63) is 42.6 Å². The summed E-state index contributed by atoms with van der Waals surface area (Å²) in [7, 11) is 3.23. The van der Waals surface area contributed by atoms with E-state index in [9.17, 15) is 0 Å². The summed E-state index contributed by atoms with van der Waals surface area (Å²) in [5.41, 5.74) is 2.62. The number of methoxy groups -OCH3 is 2. The summed E-state index contributed by atoms with van der Waals surface area (Å²) in [6, 6.07) is 11.4. The van der Waals surface area contributed by atoms with E-state index in [0.717, 1.165) is 22.4 Å². The molecule has 24 heavy (non-hydrogen) atoms. The van der Waals surface area contributed by atoms with E-state index in [1.807, 2.05) is 36.4 Å². The normalized spacial score (nSPS) is 12.2. The van der Waals surface area contributed by atoms with Gasteiger partial charge < -0.3 is 23.5 Å². The van der Waals surface area contributed by atoms with Crippen molar-refractivity contribution >= 4 is 0 Å². The van der Waals surface area contributed by atoms with Crippen molar-refractivity contribution in [2.75, 3.05) is 21.0 Å². The van der Waals surface area contributed by atoms with Gasteiger partial charge in [-0.3, -0.25) is 0 Å². The van der Waals surface area contributed by atoms with Crippen LogP contribution < -0.4 is 18.9 Å². The van der Waals surface area contributed by atoms with Crippen LogP contribution in [0.25, 0.3) is 22.5 Å². The van der Waals surface area contributed by atoms with E-state index in [0.29, 0.717) is 23.0 Å². The monoisotopic (exact) mass is 325 g/mol. The maximum absolute atomic E-state index is 5.49. The van der Waals surface area contributed by atoms with Gasteiger partial charge in [0, 0.05) is 11.1 Å². The van der Waals surface area contributed by atoms with E-state index in [4.69, 9.17) is 23.5 Å². The molecule has 0 amide bonds. The molecule has 2 heterocycles. The molecule has 0 atom stereocenters. The SMILES string of the molecule is COc1ccc(-c2oncc2-c2cc(OC)c3c(c2)OCO3)cc1. The largest absolute Gasteiger partial charge is 0.497 e. The Bertz CT molecular complexity index is 870. The maximum atomic E-state index is 5.49. The first kappa shape index (κ1) is 14.4. The highest BCUT2D eigenvalue weighted by Gasteiger charge is 2.23. The molecule has 0 radical (unpaired) electrons. The highest BCUT2D eigenvalue weighted by atomic mass is 16.7. The highest BCUT2D eigenvalue weighted by molar-refractivity contribution is 5.81. The Kier molecular flexibility index (Phi) is 3.49. The van der Waals surface area contributed by atoms with E-state index >= 15 is 0 Å². The lowest BCUT2D eigenvalue weighted by Crippen LogP contribution is -1.93. The number of fused-ring (bicyclic) bond motifs is 1. The van der Waals surface area contributed by atoms with Gasteiger partial charge in [-0.1, -0.05) is 5.16 Å². The van der Waals surface area contributed by atoms with E-state index < -0.39 is 0 Å². The summed E-state index contributed by atoms with van der Waals surface area (Å²) in [4.78, 5) is 0. The molecule has 1 aliphatic rings. The molecule has 6 nitrogen and oxygen atoms in total. The third-order valence-electron chi connectivity index (χ3n) is 3.89. The van der Waals surface area contributed by atoms with Crippen LogP contribution >= 0.6 is 0 Å². The molecule has 122 valence electrons. The molecule has 4 rings (SSSR count). The van der Waals surface area contributed by atoms with Crippen molar-refractivity contribution in [1.82, 2.24) is 5.16 Å². The van der Waals surface area contributed by atoms with Crippen LogP contribution in [0.4, 0.5) is 0 Å². The van der Waals surface area contributed by atoms with Gasteiger partial charge in [-0.25, -0.2) is 0 Å². The number of benzene rings is 2. The molecular weight excluding hydrogens is 310 g/mol. The second kappa shape index (κ2) is 5.81. The van der Waals surface area contributed by atoms with Crippen LogP contribution in [-0.4, -0.2) is 26.2 Å². The van der Waals surface area contributed by atoms with Gasteiger partial charge in [0.2, 0.25) is 12.5 Å². The minimum Gasteiger partial charge on any atom is -0.497 e. The van der Waals surface area contributed by atoms with Crippen LogP contribution in [0.5, 0.6) is 23.0 Å². The maximum Gasteiger partial charge on any atom is 0.231 e. The van der Waals surface area contributed by atoms with Gasteiger partial charge in [0.1, 0.15) is 5.75 Å². The fraction of sp³-hybridized carbons (Fsp3) is 0.167. The van der Waals surface area contributed by atoms with Crippen LogP contribution in [0.3, 0.4) is 0 Å². The zero-order chi connectivity index (χ0) is 16.5. The summed E-state index contributed by atoms with van der Waals surface area (Å²) in [6.45, 7) is 0.185. The Morgan fingerprint density at radius 1 is 0.958 bits per heavy atom. The lowest BCUT2D eigenvalue weighted by atomic mass is 10.0. The Morgan fingerprint density at radius 3 is 2.54 bits per heavy atom. The van der Waals surface area contributed by atoms with Crippen molar-refractivity contribution in [3.63, 3.8) is 0 Å². The Hall–Kier alpha value is -3.15. The van der Waals surface area contributed by atoms with E-state index in [-0.39, 0.29) is 6.79 Å². The van der Waals surface area contributed by atoms with Crippen LogP contribution in [0.15, 0.2) is 47.1 Å². The van der Waals surface area contributed by atoms with Gasteiger partial charge in [0.15, 0.2) is 17.3 Å². The standard InChI is InChI=1S/C18H15NO5/c1-20-13-5-3-11(4-6-13)17-14(9-19-24-17)12-7-15(21-2)18-16(8-12)22-10-23-18/h3-9H,10H2,1-2H3. The third-order valence-corrected chi connectivity index (χ3v) is 3.89. The summed E-state index contributed by atoms with van der Waals surface area (Å²) < 4.78 is 27.0. The molecule has 6 heteroatoms. The Labute approximate surface area is 138 Å². The first-order valence-corrected chi connectivity index (χ1v) is 7.37. The van der Waals surface area contributed by atoms with Gasteiger partial charge in [0.25, 0.3) is 0 Å². The second-order valence-corrected chi connectivity index (χ2v) is 5.21. The molecule has 0 fully saturated rings. The van der Waals surface area contributed by atoms with Crippen LogP contribution in [0, 0.1) is 0 Å². The van der Waals surface area contributed by atoms with Crippen LogP contribution in [0.2, 0.25) is 0 Å². The molecule has 3 aromatic rings. The zero-order valence-corrected chi connectivity index (χ0v) is 13.2. The molecule has 0 saturated carbocycles. The van der Waals surface area contributed by atoms with Gasteiger partial charge in [-0.2, -0.15) is 0 Å². The predicted molar refractivity (Wildman–Crippen MR) is 86.6 cm³/mol. The van der Waals surface area contributed by atoms with Crippen molar-refractivity contribution in [3.8, 4) is 45.4 Å². The minimum atomic E-state index is 0.185. The van der Waals surface area contributed by atoms with E-state index in [1.165, 1.54) is 0 Å². The Morgan fingerprint density at radius 2 is 1.79 bits per heavy atom. The number of aromatic nitrogens is 1. The van der Waals surface area contributed by atoms with Gasteiger partial charge in [-0.05, 0) is 42.0 Å². The van der Waals surface area contributed by atoms with Gasteiger partial charge >= 0.3 is 0 Å². The fourth-order valence-electron chi connectivity index (χ4n) is 2.68. The van der Waals surface area contributed by atoms with E-state index in [2.05, 4.69) is 5.16 Å². The number of hydrogen-bond acceptors (Lipinski definition) is 6. The molecule has 2 aromatic carbocycles. The fourth-order valence-corrected chi connectivity index (χ4v) is 2.68. The first-order chi connectivity index (χ1) is 11.8. The molecule has 0 aliphatic carbocycles.